The summed E-state index contributed by atoms with van der Waals surface area (Å²) < 4.78 is 0.824. The Morgan fingerprint density at radius 3 is 2.73 bits per heavy atom. The molecule has 0 saturated carbocycles. The Morgan fingerprint density at radius 2 is 2.00 bits per heavy atom. The van der Waals surface area contributed by atoms with Gasteiger partial charge in [0.05, 0.1) is 14.6 Å². The second kappa shape index (κ2) is 5.70. The number of hydrogen-bond acceptors (Lipinski definition) is 5. The quantitative estimate of drug-likeness (QED) is 0.577. The van der Waals surface area contributed by atoms with E-state index in [1.54, 1.807) is 18.2 Å². The average Bonchev–Trinajstić information content (AvgIpc) is 2.91. The Balaban J connectivity index is 1.93. The third kappa shape index (κ3) is 2.63. The largest absolute Gasteiger partial charge is 0.298 e. The van der Waals surface area contributed by atoms with Crippen LogP contribution in [0.5, 0.6) is 0 Å². The number of para-hydroxylation sites is 2. The standard InChI is InChI=1S/C14H8ClN3O3S/c15-9-5-3-7-11-12(9)16-14(22-11)17-13(19)8-4-1-2-6-10(8)18(20)21/h1-7H,(H,16,17,19). The number of nitro groups is 1. The molecule has 0 spiro atoms. The average molecular weight is 334 g/mol. The van der Waals surface area contributed by atoms with Gasteiger partial charge in [0.15, 0.2) is 5.13 Å². The number of aromatic nitrogens is 1. The smallest absolute Gasteiger partial charge is 0.282 e. The number of nitrogens with zero attached hydrogens (tertiary/aromatic N) is 2. The van der Waals surface area contributed by atoms with Crippen LogP contribution in [0.25, 0.3) is 10.2 Å². The van der Waals surface area contributed by atoms with Crippen molar-refractivity contribution in [1.29, 1.82) is 0 Å². The summed E-state index contributed by atoms with van der Waals surface area (Å²) in [5.41, 5.74) is 0.323. The van der Waals surface area contributed by atoms with Crippen LogP contribution < -0.4 is 5.32 Å². The van der Waals surface area contributed by atoms with Crippen LogP contribution >= 0.6 is 22.9 Å². The minimum absolute atomic E-state index is 0.0159. The molecule has 22 heavy (non-hydrogen) atoms. The Hall–Kier alpha value is -2.51. The molecule has 0 radical (unpaired) electrons. The molecule has 0 aliphatic heterocycles. The molecule has 6 nitrogen and oxygen atoms in total. The molecule has 1 amide bonds. The van der Waals surface area contributed by atoms with E-state index in [1.165, 1.54) is 29.5 Å². The van der Waals surface area contributed by atoms with Crippen LogP contribution in [0.3, 0.4) is 0 Å². The zero-order valence-corrected chi connectivity index (χ0v) is 12.5. The molecular weight excluding hydrogens is 326 g/mol. The van der Waals surface area contributed by atoms with Gasteiger partial charge < -0.3 is 0 Å². The molecule has 0 unspecified atom stereocenters. The lowest BCUT2D eigenvalue weighted by Gasteiger charge is -2.02. The number of halogens is 1. The van der Waals surface area contributed by atoms with Crippen LogP contribution in [-0.2, 0) is 0 Å². The molecule has 1 aromatic heterocycles. The van der Waals surface area contributed by atoms with Crippen LogP contribution in [0.2, 0.25) is 5.02 Å². The highest BCUT2D eigenvalue weighted by molar-refractivity contribution is 7.22. The van der Waals surface area contributed by atoms with Gasteiger partial charge in [0, 0.05) is 6.07 Å². The Morgan fingerprint density at radius 1 is 1.23 bits per heavy atom. The summed E-state index contributed by atoms with van der Waals surface area (Å²) in [5, 5.41) is 14.4. The van der Waals surface area contributed by atoms with Crippen molar-refractivity contribution in [3.63, 3.8) is 0 Å². The van der Waals surface area contributed by atoms with E-state index < -0.39 is 10.8 Å². The Bertz CT molecular complexity index is 894. The monoisotopic (exact) mass is 333 g/mol. The number of nitrogens with one attached hydrogen (secondary N) is 1. The maximum atomic E-state index is 12.2. The van der Waals surface area contributed by atoms with Gasteiger partial charge in [0.2, 0.25) is 0 Å². The second-order valence-corrected chi connectivity index (χ2v) is 5.77. The van der Waals surface area contributed by atoms with Crippen molar-refractivity contribution >= 4 is 49.9 Å². The van der Waals surface area contributed by atoms with Crippen molar-refractivity contribution < 1.29 is 9.72 Å². The maximum absolute atomic E-state index is 12.2. The third-order valence-electron chi connectivity index (χ3n) is 2.94. The summed E-state index contributed by atoms with van der Waals surface area (Å²) in [4.78, 5) is 26.8. The second-order valence-electron chi connectivity index (χ2n) is 4.33. The molecule has 0 saturated heterocycles. The van der Waals surface area contributed by atoms with Gasteiger partial charge in [-0.05, 0) is 18.2 Å². The van der Waals surface area contributed by atoms with Crippen molar-refractivity contribution in [2.24, 2.45) is 0 Å². The van der Waals surface area contributed by atoms with Crippen LogP contribution in [0.1, 0.15) is 10.4 Å². The zero-order valence-electron chi connectivity index (χ0n) is 10.9. The van der Waals surface area contributed by atoms with E-state index in [4.69, 9.17) is 11.6 Å². The van der Waals surface area contributed by atoms with Crippen molar-refractivity contribution in [3.8, 4) is 0 Å². The van der Waals surface area contributed by atoms with E-state index in [0.717, 1.165) is 4.70 Å². The summed E-state index contributed by atoms with van der Waals surface area (Å²) in [5.74, 6) is -0.581. The highest BCUT2D eigenvalue weighted by atomic mass is 35.5. The number of nitro benzene ring substituents is 1. The van der Waals surface area contributed by atoms with Gasteiger partial charge in [-0.15, -0.1) is 0 Å². The van der Waals surface area contributed by atoms with Crippen LogP contribution in [0.15, 0.2) is 42.5 Å². The van der Waals surface area contributed by atoms with E-state index in [2.05, 4.69) is 10.3 Å². The first-order valence-corrected chi connectivity index (χ1v) is 7.35. The molecular formula is C14H8ClN3O3S. The number of benzene rings is 2. The fourth-order valence-corrected chi connectivity index (χ4v) is 3.12. The van der Waals surface area contributed by atoms with Gasteiger partial charge >= 0.3 is 0 Å². The van der Waals surface area contributed by atoms with E-state index in [0.29, 0.717) is 15.7 Å². The maximum Gasteiger partial charge on any atom is 0.282 e. The molecule has 1 N–H and O–H groups in total. The van der Waals surface area contributed by atoms with Gasteiger partial charge in [0.25, 0.3) is 11.6 Å². The van der Waals surface area contributed by atoms with Crippen LogP contribution in [0.4, 0.5) is 10.8 Å². The molecule has 1 heterocycles. The fourth-order valence-electron chi connectivity index (χ4n) is 1.96. The zero-order chi connectivity index (χ0) is 15.7. The molecule has 0 aliphatic carbocycles. The van der Waals surface area contributed by atoms with Crippen molar-refractivity contribution in [2.75, 3.05) is 5.32 Å². The predicted molar refractivity (Wildman–Crippen MR) is 85.7 cm³/mol. The summed E-state index contributed by atoms with van der Waals surface area (Å²) in [6, 6.07) is 11.1. The Kier molecular flexibility index (Phi) is 3.74. The van der Waals surface area contributed by atoms with Crippen molar-refractivity contribution in [3.05, 3.63) is 63.2 Å². The summed E-state index contributed by atoms with van der Waals surface area (Å²) >= 11 is 7.28. The van der Waals surface area contributed by atoms with Crippen LogP contribution in [0, 0.1) is 10.1 Å². The molecule has 0 fully saturated rings. The van der Waals surface area contributed by atoms with Crippen LogP contribution in [-0.4, -0.2) is 15.8 Å². The van der Waals surface area contributed by atoms with Crippen molar-refractivity contribution in [2.45, 2.75) is 0 Å². The molecule has 0 aliphatic rings. The van der Waals surface area contributed by atoms with Gasteiger partial charge in [-0.25, -0.2) is 4.98 Å². The van der Waals surface area contributed by atoms with Gasteiger partial charge in [0.1, 0.15) is 11.1 Å². The summed E-state index contributed by atoms with van der Waals surface area (Å²) in [7, 11) is 0. The number of thiazole rings is 1. The number of anilines is 1. The molecule has 0 atom stereocenters. The van der Waals surface area contributed by atoms with E-state index >= 15 is 0 Å². The van der Waals surface area contributed by atoms with Gasteiger partial charge in [-0.2, -0.15) is 0 Å². The molecule has 110 valence electrons. The summed E-state index contributed by atoms with van der Waals surface area (Å²) in [6.07, 6.45) is 0. The summed E-state index contributed by atoms with van der Waals surface area (Å²) in [6.45, 7) is 0. The number of carbonyl (C=O) groups excluding carboxylic acids is 1. The van der Waals surface area contributed by atoms with Gasteiger partial charge in [-0.3, -0.25) is 20.2 Å². The lowest BCUT2D eigenvalue weighted by Crippen LogP contribution is -2.13. The van der Waals surface area contributed by atoms with E-state index in [1.807, 2.05) is 6.07 Å². The number of amides is 1. The third-order valence-corrected chi connectivity index (χ3v) is 4.18. The Labute approximate surface area is 133 Å². The minimum Gasteiger partial charge on any atom is -0.298 e. The van der Waals surface area contributed by atoms with E-state index in [-0.39, 0.29) is 11.3 Å². The first kappa shape index (κ1) is 14.4. The minimum atomic E-state index is -0.593. The normalized spacial score (nSPS) is 10.6. The topological polar surface area (TPSA) is 85.1 Å². The number of hydrogen-bond donors (Lipinski definition) is 1. The lowest BCUT2D eigenvalue weighted by molar-refractivity contribution is -0.385. The highest BCUT2D eigenvalue weighted by Gasteiger charge is 2.20. The van der Waals surface area contributed by atoms with E-state index in [9.17, 15) is 14.9 Å². The molecule has 3 rings (SSSR count). The predicted octanol–water partition coefficient (Wildman–Crippen LogP) is 4.11. The number of rotatable bonds is 3. The first-order chi connectivity index (χ1) is 10.6. The molecule has 8 heteroatoms. The first-order valence-electron chi connectivity index (χ1n) is 6.16. The fraction of sp³-hybridized carbons (Fsp3) is 0. The SMILES string of the molecule is O=C(Nc1nc2c(Cl)cccc2s1)c1ccccc1[N+](=O)[O-]. The number of fused-ring (bicyclic) bond motifs is 1. The van der Waals surface area contributed by atoms with Crippen molar-refractivity contribution in [1.82, 2.24) is 4.98 Å². The van der Waals surface area contributed by atoms with Gasteiger partial charge in [-0.1, -0.05) is 41.1 Å². The number of carbonyl (C=O) groups is 1. The highest BCUT2D eigenvalue weighted by Crippen LogP contribution is 2.31. The molecule has 3 aromatic rings. The lowest BCUT2D eigenvalue weighted by atomic mass is 10.1. The molecule has 0 bridgehead atoms. The molecule has 2 aromatic carbocycles.